The Morgan fingerprint density at radius 1 is 1.28 bits per heavy atom. The van der Waals surface area contributed by atoms with Gasteiger partial charge in [0.1, 0.15) is 18.0 Å². The third kappa shape index (κ3) is 3.90. The summed E-state index contributed by atoms with van der Waals surface area (Å²) >= 11 is 0. The van der Waals surface area contributed by atoms with Crippen molar-refractivity contribution < 1.29 is 9.90 Å². The number of benzene rings is 1. The molecule has 6 heteroatoms. The molecule has 1 N–H and O–H groups in total. The zero-order valence-corrected chi connectivity index (χ0v) is 14.7. The van der Waals surface area contributed by atoms with Crippen molar-refractivity contribution >= 4 is 23.3 Å². The van der Waals surface area contributed by atoms with Gasteiger partial charge in [-0.2, -0.15) is 0 Å². The zero-order valence-electron chi connectivity index (χ0n) is 14.7. The van der Waals surface area contributed by atoms with Crippen LogP contribution in [0.5, 0.6) is 0 Å². The quantitative estimate of drug-likeness (QED) is 0.901. The molecule has 0 amide bonds. The number of hydrogen-bond donors (Lipinski definition) is 1. The first-order chi connectivity index (χ1) is 12.1. The van der Waals surface area contributed by atoms with Crippen molar-refractivity contribution in [2.75, 3.05) is 29.4 Å². The van der Waals surface area contributed by atoms with Crippen molar-refractivity contribution in [3.8, 4) is 0 Å². The van der Waals surface area contributed by atoms with E-state index in [9.17, 15) is 4.79 Å². The average molecular weight is 340 g/mol. The largest absolute Gasteiger partial charge is 0.481 e. The molecule has 1 saturated heterocycles. The Morgan fingerprint density at radius 2 is 2.04 bits per heavy atom. The van der Waals surface area contributed by atoms with Crippen molar-refractivity contribution in [2.45, 2.75) is 26.7 Å². The van der Waals surface area contributed by atoms with E-state index in [1.165, 1.54) is 5.56 Å². The highest BCUT2D eigenvalue weighted by molar-refractivity contribution is 5.70. The van der Waals surface area contributed by atoms with Gasteiger partial charge in [-0.05, 0) is 44.4 Å². The fraction of sp³-hybridized carbons (Fsp3) is 0.421. The molecule has 0 atom stereocenters. The van der Waals surface area contributed by atoms with Crippen molar-refractivity contribution in [1.82, 2.24) is 9.97 Å². The van der Waals surface area contributed by atoms with Gasteiger partial charge in [0.2, 0.25) is 0 Å². The number of hydrogen-bond acceptors (Lipinski definition) is 5. The van der Waals surface area contributed by atoms with Gasteiger partial charge < -0.3 is 14.9 Å². The summed E-state index contributed by atoms with van der Waals surface area (Å²) in [7, 11) is 0. The summed E-state index contributed by atoms with van der Waals surface area (Å²) in [6, 6.07) is 10.3. The summed E-state index contributed by atoms with van der Waals surface area (Å²) in [6.07, 6.45) is 2.90. The van der Waals surface area contributed by atoms with E-state index < -0.39 is 5.97 Å². The molecule has 1 fully saturated rings. The number of carboxylic acids is 1. The van der Waals surface area contributed by atoms with Crippen LogP contribution in [0, 0.1) is 12.8 Å². The smallest absolute Gasteiger partial charge is 0.306 e. The minimum Gasteiger partial charge on any atom is -0.481 e. The van der Waals surface area contributed by atoms with E-state index in [1.54, 1.807) is 6.33 Å². The lowest BCUT2D eigenvalue weighted by Gasteiger charge is -2.31. The predicted octanol–water partition coefficient (Wildman–Crippen LogP) is 3.24. The van der Waals surface area contributed by atoms with Crippen molar-refractivity contribution in [2.24, 2.45) is 5.92 Å². The van der Waals surface area contributed by atoms with Crippen LogP contribution in [0.4, 0.5) is 17.3 Å². The van der Waals surface area contributed by atoms with E-state index in [0.717, 1.165) is 23.9 Å². The van der Waals surface area contributed by atoms with Crippen LogP contribution in [0.3, 0.4) is 0 Å². The van der Waals surface area contributed by atoms with Gasteiger partial charge >= 0.3 is 5.97 Å². The fourth-order valence-electron chi connectivity index (χ4n) is 3.29. The van der Waals surface area contributed by atoms with Crippen LogP contribution < -0.4 is 9.80 Å². The minimum atomic E-state index is -0.695. The summed E-state index contributed by atoms with van der Waals surface area (Å²) in [6.45, 7) is 6.41. The van der Waals surface area contributed by atoms with Crippen molar-refractivity contribution in [3.63, 3.8) is 0 Å². The molecule has 6 nitrogen and oxygen atoms in total. The van der Waals surface area contributed by atoms with Crippen molar-refractivity contribution in [3.05, 3.63) is 42.2 Å². The lowest BCUT2D eigenvalue weighted by Crippen LogP contribution is -2.36. The van der Waals surface area contributed by atoms with Crippen LogP contribution in [-0.2, 0) is 4.79 Å². The van der Waals surface area contributed by atoms with Gasteiger partial charge in [-0.1, -0.05) is 12.1 Å². The Kier molecular flexibility index (Phi) is 5.16. The molecule has 0 spiro atoms. The second-order valence-electron chi connectivity index (χ2n) is 6.42. The second kappa shape index (κ2) is 7.51. The minimum absolute atomic E-state index is 0.239. The Balaban J connectivity index is 1.80. The summed E-state index contributed by atoms with van der Waals surface area (Å²) in [5.41, 5.74) is 2.32. The summed E-state index contributed by atoms with van der Waals surface area (Å²) in [5.74, 6) is 0.787. The van der Waals surface area contributed by atoms with E-state index in [4.69, 9.17) is 5.11 Å². The molecule has 0 saturated carbocycles. The summed E-state index contributed by atoms with van der Waals surface area (Å²) in [5, 5.41) is 9.14. The number of rotatable bonds is 5. The van der Waals surface area contributed by atoms with Crippen molar-refractivity contribution in [1.29, 1.82) is 0 Å². The van der Waals surface area contributed by atoms with Crippen LogP contribution in [0.15, 0.2) is 36.7 Å². The van der Waals surface area contributed by atoms with E-state index in [1.807, 2.05) is 12.1 Å². The monoisotopic (exact) mass is 340 g/mol. The van der Waals surface area contributed by atoms with E-state index in [2.05, 4.69) is 51.8 Å². The van der Waals surface area contributed by atoms with Gasteiger partial charge in [0, 0.05) is 31.4 Å². The summed E-state index contributed by atoms with van der Waals surface area (Å²) in [4.78, 5) is 24.3. The number of aryl methyl sites for hydroxylation is 1. The molecule has 3 rings (SSSR count). The zero-order chi connectivity index (χ0) is 17.8. The normalized spacial score (nSPS) is 15.2. The fourth-order valence-corrected chi connectivity index (χ4v) is 3.29. The Labute approximate surface area is 148 Å². The van der Waals surface area contributed by atoms with Gasteiger partial charge in [0.15, 0.2) is 0 Å². The maximum absolute atomic E-state index is 11.1. The maximum Gasteiger partial charge on any atom is 0.306 e. The number of carboxylic acid groups (broad SMARTS) is 1. The first-order valence-corrected chi connectivity index (χ1v) is 8.72. The molecule has 2 heterocycles. The molecule has 0 unspecified atom stereocenters. The van der Waals surface area contributed by atoms with Crippen LogP contribution in [0.1, 0.15) is 25.3 Å². The van der Waals surface area contributed by atoms with Gasteiger partial charge in [0.05, 0.1) is 5.92 Å². The molecule has 1 aromatic carbocycles. The first-order valence-electron chi connectivity index (χ1n) is 8.72. The highest BCUT2D eigenvalue weighted by Gasteiger charge is 2.25. The number of anilines is 3. The summed E-state index contributed by atoms with van der Waals surface area (Å²) < 4.78 is 0. The van der Waals surface area contributed by atoms with Crippen LogP contribution in [0.25, 0.3) is 0 Å². The molecule has 0 aliphatic carbocycles. The van der Waals surface area contributed by atoms with E-state index >= 15 is 0 Å². The molecule has 132 valence electrons. The SMILES string of the molecule is CCN(c1cccc(C)c1)c1cc(N2CCC(C(=O)O)CC2)ncn1. The average Bonchev–Trinajstić information content (AvgIpc) is 2.63. The standard InChI is InChI=1S/C19H24N4O2/c1-3-23(16-6-4-5-14(2)11-16)18-12-17(20-13-21-18)22-9-7-15(8-10-22)19(24)25/h4-6,11-13,15H,3,7-10H2,1-2H3,(H,24,25). The number of aromatic nitrogens is 2. The first kappa shape index (κ1) is 17.2. The predicted molar refractivity (Wildman–Crippen MR) is 98.5 cm³/mol. The Bertz CT molecular complexity index is 742. The molecule has 0 bridgehead atoms. The van der Waals surface area contributed by atoms with Gasteiger partial charge in [0.25, 0.3) is 0 Å². The van der Waals surface area contributed by atoms with Crippen LogP contribution in [0.2, 0.25) is 0 Å². The van der Waals surface area contributed by atoms with E-state index in [0.29, 0.717) is 25.9 Å². The molecular formula is C19H24N4O2. The maximum atomic E-state index is 11.1. The number of carbonyl (C=O) groups is 1. The highest BCUT2D eigenvalue weighted by Crippen LogP contribution is 2.28. The molecule has 25 heavy (non-hydrogen) atoms. The van der Waals surface area contributed by atoms with Gasteiger partial charge in [-0.15, -0.1) is 0 Å². The topological polar surface area (TPSA) is 69.6 Å². The lowest BCUT2D eigenvalue weighted by atomic mass is 9.97. The molecule has 1 aliphatic heterocycles. The second-order valence-corrected chi connectivity index (χ2v) is 6.42. The van der Waals surface area contributed by atoms with Gasteiger partial charge in [-0.25, -0.2) is 9.97 Å². The Morgan fingerprint density at radius 3 is 2.68 bits per heavy atom. The molecule has 1 aromatic heterocycles. The molecule has 2 aromatic rings. The third-order valence-corrected chi connectivity index (χ3v) is 4.71. The molecule has 0 radical (unpaired) electrons. The van der Waals surface area contributed by atoms with Crippen LogP contribution >= 0.6 is 0 Å². The van der Waals surface area contributed by atoms with Gasteiger partial charge in [-0.3, -0.25) is 4.79 Å². The van der Waals surface area contributed by atoms with E-state index in [-0.39, 0.29) is 5.92 Å². The highest BCUT2D eigenvalue weighted by atomic mass is 16.4. The molecular weight excluding hydrogens is 316 g/mol. The van der Waals surface area contributed by atoms with Crippen LogP contribution in [-0.4, -0.2) is 40.7 Å². The number of nitrogens with zero attached hydrogens (tertiary/aromatic N) is 4. The molecule has 1 aliphatic rings. The third-order valence-electron chi connectivity index (χ3n) is 4.71. The number of piperidine rings is 1. The Hall–Kier alpha value is -2.63. The number of aliphatic carboxylic acids is 1. The lowest BCUT2D eigenvalue weighted by molar-refractivity contribution is -0.142.